The van der Waals surface area contributed by atoms with Gasteiger partial charge in [-0.1, -0.05) is 11.6 Å². The Bertz CT molecular complexity index is 774. The molecule has 0 aliphatic heterocycles. The molecule has 0 saturated carbocycles. The average molecular weight is 414 g/mol. The number of rotatable bonds is 5. The minimum atomic E-state index is -0.455. The van der Waals surface area contributed by atoms with Gasteiger partial charge in [-0.3, -0.25) is 4.79 Å². The first kappa shape index (κ1) is 18.1. The lowest BCUT2D eigenvalue weighted by Gasteiger charge is -2.07. The van der Waals surface area contributed by atoms with E-state index in [1.165, 1.54) is 26.5 Å². The lowest BCUT2D eigenvalue weighted by atomic mass is 10.2. The molecule has 1 amide bonds. The second kappa shape index (κ2) is 8.03. The van der Waals surface area contributed by atoms with Crippen molar-refractivity contribution in [2.75, 3.05) is 14.2 Å². The number of benzene rings is 2. The fourth-order valence-corrected chi connectivity index (χ4v) is 2.68. The lowest BCUT2D eigenvalue weighted by molar-refractivity contribution is 0.0954. The van der Waals surface area contributed by atoms with Gasteiger partial charge in [-0.15, -0.1) is 0 Å². The van der Waals surface area contributed by atoms with Crippen LogP contribution in [0.2, 0.25) is 5.02 Å². The number of amides is 1. The Kier molecular flexibility index (Phi) is 6.05. The van der Waals surface area contributed by atoms with E-state index in [1.54, 1.807) is 24.3 Å². The Hall–Kier alpha value is -2.25. The van der Waals surface area contributed by atoms with E-state index in [4.69, 9.17) is 21.1 Å². The van der Waals surface area contributed by atoms with Crippen LogP contribution in [-0.4, -0.2) is 31.4 Å². The van der Waals surface area contributed by atoms with Crippen LogP contribution in [0.5, 0.6) is 17.2 Å². The van der Waals surface area contributed by atoms with Gasteiger partial charge in [0.15, 0.2) is 0 Å². The van der Waals surface area contributed by atoms with Crippen molar-refractivity contribution in [2.45, 2.75) is 0 Å². The molecule has 2 aromatic rings. The summed E-state index contributed by atoms with van der Waals surface area (Å²) in [4.78, 5) is 12.2. The first-order chi connectivity index (χ1) is 11.4. The molecule has 0 fully saturated rings. The summed E-state index contributed by atoms with van der Waals surface area (Å²) < 4.78 is 10.7. The van der Waals surface area contributed by atoms with E-state index in [1.807, 2.05) is 0 Å². The maximum absolute atomic E-state index is 12.2. The standard InChI is InChI=1S/C16H14BrClN2O4/c1-23-12-4-9(5-13(7-12)24-2)16(22)20-19-8-10-3-11(18)6-14(17)15(10)21/h3-8,21H,1-2H3,(H,20,22)/b19-8+. The molecule has 0 spiro atoms. The highest BCUT2D eigenvalue weighted by atomic mass is 79.9. The summed E-state index contributed by atoms with van der Waals surface area (Å²) in [6.45, 7) is 0. The number of phenolic OH excluding ortho intramolecular Hbond substituents is 1. The summed E-state index contributed by atoms with van der Waals surface area (Å²) in [5.41, 5.74) is 3.04. The van der Waals surface area contributed by atoms with Gasteiger partial charge in [0, 0.05) is 22.2 Å². The van der Waals surface area contributed by atoms with Crippen molar-refractivity contribution in [1.82, 2.24) is 5.43 Å². The van der Waals surface area contributed by atoms with Crippen molar-refractivity contribution in [3.8, 4) is 17.2 Å². The smallest absolute Gasteiger partial charge is 0.271 e. The first-order valence-electron chi connectivity index (χ1n) is 6.69. The molecule has 126 valence electrons. The number of aromatic hydroxyl groups is 1. The molecule has 8 heteroatoms. The van der Waals surface area contributed by atoms with E-state index in [9.17, 15) is 9.90 Å². The van der Waals surface area contributed by atoms with E-state index in [0.29, 0.717) is 32.1 Å². The van der Waals surface area contributed by atoms with E-state index >= 15 is 0 Å². The molecule has 2 rings (SSSR count). The van der Waals surface area contributed by atoms with E-state index < -0.39 is 5.91 Å². The summed E-state index contributed by atoms with van der Waals surface area (Å²) in [6.07, 6.45) is 1.29. The van der Waals surface area contributed by atoms with Gasteiger partial charge in [0.1, 0.15) is 17.2 Å². The number of hydrogen-bond donors (Lipinski definition) is 2. The monoisotopic (exact) mass is 412 g/mol. The zero-order valence-corrected chi connectivity index (χ0v) is 15.2. The van der Waals surface area contributed by atoms with Gasteiger partial charge in [0.05, 0.1) is 24.9 Å². The minimum absolute atomic E-state index is 0.0274. The highest BCUT2D eigenvalue weighted by molar-refractivity contribution is 9.10. The van der Waals surface area contributed by atoms with Crippen molar-refractivity contribution in [2.24, 2.45) is 5.10 Å². The van der Waals surface area contributed by atoms with Crippen molar-refractivity contribution in [3.05, 3.63) is 51.0 Å². The Morgan fingerprint density at radius 1 is 1.21 bits per heavy atom. The van der Waals surface area contributed by atoms with Crippen molar-refractivity contribution in [3.63, 3.8) is 0 Å². The molecule has 0 aliphatic rings. The number of phenols is 1. The van der Waals surface area contributed by atoms with Crippen LogP contribution in [0.1, 0.15) is 15.9 Å². The van der Waals surface area contributed by atoms with Crippen LogP contribution in [0.25, 0.3) is 0 Å². The zero-order valence-electron chi connectivity index (χ0n) is 12.8. The highest BCUT2D eigenvalue weighted by Crippen LogP contribution is 2.30. The number of carbonyl (C=O) groups is 1. The molecular formula is C16H14BrClN2O4. The molecule has 6 nitrogen and oxygen atoms in total. The molecule has 0 radical (unpaired) electrons. The Morgan fingerprint density at radius 3 is 2.42 bits per heavy atom. The molecule has 0 aliphatic carbocycles. The summed E-state index contributed by atoms with van der Waals surface area (Å²) in [5, 5.41) is 14.1. The summed E-state index contributed by atoms with van der Waals surface area (Å²) in [6, 6.07) is 7.84. The van der Waals surface area contributed by atoms with Crippen LogP contribution < -0.4 is 14.9 Å². The van der Waals surface area contributed by atoms with Crippen molar-refractivity contribution in [1.29, 1.82) is 0 Å². The van der Waals surface area contributed by atoms with Gasteiger partial charge in [-0.2, -0.15) is 5.10 Å². The number of halogens is 2. The largest absolute Gasteiger partial charge is 0.506 e. The zero-order chi connectivity index (χ0) is 17.7. The number of ether oxygens (including phenoxy) is 2. The minimum Gasteiger partial charge on any atom is -0.506 e. The number of hydrogen-bond acceptors (Lipinski definition) is 5. The number of nitrogens with one attached hydrogen (secondary N) is 1. The molecular weight excluding hydrogens is 400 g/mol. The maximum Gasteiger partial charge on any atom is 0.271 e. The van der Waals surface area contributed by atoms with Crippen LogP contribution in [0.4, 0.5) is 0 Å². The predicted molar refractivity (Wildman–Crippen MR) is 95.4 cm³/mol. The number of methoxy groups -OCH3 is 2. The third-order valence-corrected chi connectivity index (χ3v) is 3.86. The van der Waals surface area contributed by atoms with E-state index in [2.05, 4.69) is 26.5 Å². The van der Waals surface area contributed by atoms with Gasteiger partial charge in [0.2, 0.25) is 0 Å². The van der Waals surface area contributed by atoms with Crippen LogP contribution in [0.3, 0.4) is 0 Å². The molecule has 2 aromatic carbocycles. The van der Waals surface area contributed by atoms with Gasteiger partial charge in [-0.05, 0) is 40.2 Å². The first-order valence-corrected chi connectivity index (χ1v) is 7.86. The molecule has 0 unspecified atom stereocenters. The quantitative estimate of drug-likeness (QED) is 0.580. The Morgan fingerprint density at radius 2 is 1.83 bits per heavy atom. The summed E-state index contributed by atoms with van der Waals surface area (Å²) in [5.74, 6) is 0.490. The fourth-order valence-electron chi connectivity index (χ4n) is 1.85. The SMILES string of the molecule is COc1cc(OC)cc(C(=O)N/N=C/c2cc(Cl)cc(Br)c2O)c1. The summed E-state index contributed by atoms with van der Waals surface area (Å²) >= 11 is 9.08. The van der Waals surface area contributed by atoms with E-state index in [-0.39, 0.29) is 5.75 Å². The number of hydrazone groups is 1. The number of nitrogens with zero attached hydrogens (tertiary/aromatic N) is 1. The van der Waals surface area contributed by atoms with Crippen LogP contribution in [-0.2, 0) is 0 Å². The highest BCUT2D eigenvalue weighted by Gasteiger charge is 2.10. The van der Waals surface area contributed by atoms with Crippen molar-refractivity contribution >= 4 is 39.7 Å². The predicted octanol–water partition coefficient (Wildman–Crippen LogP) is 3.59. The third kappa shape index (κ3) is 4.39. The van der Waals surface area contributed by atoms with Crippen LogP contribution in [0.15, 0.2) is 39.9 Å². The fraction of sp³-hybridized carbons (Fsp3) is 0.125. The average Bonchev–Trinajstić information content (AvgIpc) is 2.58. The normalized spacial score (nSPS) is 10.7. The second-order valence-corrected chi connectivity index (χ2v) is 5.92. The van der Waals surface area contributed by atoms with Crippen molar-refractivity contribution < 1.29 is 19.4 Å². The Labute approximate surface area is 152 Å². The van der Waals surface area contributed by atoms with Gasteiger partial charge in [0.25, 0.3) is 5.91 Å². The lowest BCUT2D eigenvalue weighted by Crippen LogP contribution is -2.17. The molecule has 0 atom stereocenters. The van der Waals surface area contributed by atoms with Gasteiger partial charge < -0.3 is 14.6 Å². The van der Waals surface area contributed by atoms with Gasteiger partial charge in [-0.25, -0.2) is 5.43 Å². The Balaban J connectivity index is 2.16. The molecule has 2 N–H and O–H groups in total. The number of carbonyl (C=O) groups excluding carboxylic acids is 1. The molecule has 0 aromatic heterocycles. The van der Waals surface area contributed by atoms with Crippen LogP contribution >= 0.6 is 27.5 Å². The van der Waals surface area contributed by atoms with Crippen LogP contribution in [0, 0.1) is 0 Å². The molecule has 24 heavy (non-hydrogen) atoms. The third-order valence-electron chi connectivity index (χ3n) is 3.04. The van der Waals surface area contributed by atoms with Gasteiger partial charge >= 0.3 is 0 Å². The maximum atomic E-state index is 12.2. The summed E-state index contributed by atoms with van der Waals surface area (Å²) in [7, 11) is 2.99. The molecule has 0 bridgehead atoms. The van der Waals surface area contributed by atoms with E-state index in [0.717, 1.165) is 0 Å². The molecule has 0 saturated heterocycles. The molecule has 0 heterocycles. The second-order valence-electron chi connectivity index (χ2n) is 4.63. The topological polar surface area (TPSA) is 80.2 Å².